The smallest absolute Gasteiger partial charge is 0.230 e. The molecule has 156 valence electrons. The average Bonchev–Trinajstić information content (AvgIpc) is 3.29. The van der Waals surface area contributed by atoms with Gasteiger partial charge in [-0.05, 0) is 37.1 Å². The van der Waals surface area contributed by atoms with Crippen LogP contribution < -0.4 is 19.5 Å². The molecule has 1 amide bonds. The van der Waals surface area contributed by atoms with Crippen molar-refractivity contribution in [1.82, 2.24) is 15.5 Å². The van der Waals surface area contributed by atoms with Gasteiger partial charge in [0.05, 0.1) is 38.9 Å². The Labute approximate surface area is 174 Å². The molecule has 29 heavy (non-hydrogen) atoms. The summed E-state index contributed by atoms with van der Waals surface area (Å²) in [5, 5.41) is 12.1. The van der Waals surface area contributed by atoms with E-state index in [1.807, 2.05) is 24.3 Å². The normalized spacial score (nSPS) is 15.8. The third-order valence-electron chi connectivity index (χ3n) is 4.50. The minimum absolute atomic E-state index is 0.0407. The van der Waals surface area contributed by atoms with Gasteiger partial charge in [0.25, 0.3) is 0 Å². The van der Waals surface area contributed by atoms with E-state index in [1.165, 1.54) is 11.8 Å². The van der Waals surface area contributed by atoms with E-state index in [1.54, 1.807) is 21.3 Å². The van der Waals surface area contributed by atoms with Crippen LogP contribution in [0.4, 0.5) is 0 Å². The van der Waals surface area contributed by atoms with Crippen molar-refractivity contribution >= 4 is 17.7 Å². The monoisotopic (exact) mass is 419 g/mol. The molecule has 1 atom stereocenters. The fraction of sp³-hybridized carbons (Fsp3) is 0.450. The van der Waals surface area contributed by atoms with Crippen molar-refractivity contribution in [2.75, 3.05) is 40.2 Å². The van der Waals surface area contributed by atoms with E-state index in [4.69, 9.17) is 18.9 Å². The van der Waals surface area contributed by atoms with Crippen LogP contribution in [0.3, 0.4) is 0 Å². The number of benzene rings is 1. The minimum atomic E-state index is -0.0407. The minimum Gasteiger partial charge on any atom is -0.493 e. The Hall–Kier alpha value is -2.52. The van der Waals surface area contributed by atoms with Gasteiger partial charge < -0.3 is 24.3 Å². The number of ether oxygens (including phenoxy) is 4. The number of rotatable bonds is 9. The summed E-state index contributed by atoms with van der Waals surface area (Å²) in [6.07, 6.45) is 2.20. The second-order valence-electron chi connectivity index (χ2n) is 6.40. The van der Waals surface area contributed by atoms with Crippen molar-refractivity contribution in [2.45, 2.75) is 24.0 Å². The molecule has 1 aliphatic rings. The molecule has 0 unspecified atom stereocenters. The molecule has 0 spiro atoms. The van der Waals surface area contributed by atoms with Crippen LogP contribution in [0, 0.1) is 0 Å². The van der Waals surface area contributed by atoms with Gasteiger partial charge in [-0.15, -0.1) is 10.2 Å². The van der Waals surface area contributed by atoms with Gasteiger partial charge in [-0.3, -0.25) is 4.79 Å². The number of hydrogen-bond donors (Lipinski definition) is 1. The van der Waals surface area contributed by atoms with Crippen LogP contribution in [0.25, 0.3) is 11.3 Å². The third-order valence-corrected chi connectivity index (χ3v) is 5.42. The van der Waals surface area contributed by atoms with Gasteiger partial charge in [0.2, 0.25) is 11.7 Å². The maximum absolute atomic E-state index is 12.0. The molecule has 0 saturated carbocycles. The first-order valence-corrected chi connectivity index (χ1v) is 10.3. The highest BCUT2D eigenvalue weighted by molar-refractivity contribution is 7.99. The molecule has 9 heteroatoms. The zero-order valence-electron chi connectivity index (χ0n) is 16.8. The Morgan fingerprint density at radius 1 is 1.17 bits per heavy atom. The summed E-state index contributed by atoms with van der Waals surface area (Å²) in [7, 11) is 4.69. The highest BCUT2D eigenvalue weighted by Gasteiger charge is 2.17. The number of amides is 1. The highest BCUT2D eigenvalue weighted by atomic mass is 32.2. The number of aromatic nitrogens is 2. The molecule has 8 nitrogen and oxygen atoms in total. The van der Waals surface area contributed by atoms with Crippen LogP contribution >= 0.6 is 11.8 Å². The lowest BCUT2D eigenvalue weighted by molar-refractivity contribution is -0.119. The van der Waals surface area contributed by atoms with Gasteiger partial charge in [-0.2, -0.15) is 0 Å². The first kappa shape index (κ1) is 21.2. The van der Waals surface area contributed by atoms with Crippen molar-refractivity contribution in [3.05, 3.63) is 24.3 Å². The highest BCUT2D eigenvalue weighted by Crippen LogP contribution is 2.40. The third kappa shape index (κ3) is 5.51. The van der Waals surface area contributed by atoms with Crippen LogP contribution in [0.1, 0.15) is 12.8 Å². The van der Waals surface area contributed by atoms with Gasteiger partial charge >= 0.3 is 0 Å². The number of nitrogens with zero attached hydrogens (tertiary/aromatic N) is 2. The van der Waals surface area contributed by atoms with E-state index in [0.29, 0.717) is 34.5 Å². The molecule has 0 bridgehead atoms. The lowest BCUT2D eigenvalue weighted by atomic mass is 10.1. The van der Waals surface area contributed by atoms with Gasteiger partial charge in [0.1, 0.15) is 5.03 Å². The number of carbonyl (C=O) groups is 1. The molecule has 1 saturated heterocycles. The SMILES string of the molecule is COc1cc(-c2ccc(SCC(=O)NC[C@@H]3CCCO3)nn2)cc(OC)c1OC. The summed E-state index contributed by atoms with van der Waals surface area (Å²) in [5.41, 5.74) is 1.45. The molecule has 1 aromatic heterocycles. The molecule has 0 radical (unpaired) electrons. The van der Waals surface area contributed by atoms with Crippen molar-refractivity contribution in [1.29, 1.82) is 0 Å². The van der Waals surface area contributed by atoms with Crippen LogP contribution in [0.15, 0.2) is 29.3 Å². The van der Waals surface area contributed by atoms with E-state index in [0.717, 1.165) is 25.0 Å². The Bertz CT molecular complexity index is 800. The number of nitrogens with one attached hydrogen (secondary N) is 1. The van der Waals surface area contributed by atoms with Crippen LogP contribution in [-0.4, -0.2) is 62.4 Å². The fourth-order valence-corrected chi connectivity index (χ4v) is 3.65. The summed E-state index contributed by atoms with van der Waals surface area (Å²) in [5.74, 6) is 1.86. The Morgan fingerprint density at radius 3 is 2.48 bits per heavy atom. The summed E-state index contributed by atoms with van der Waals surface area (Å²) >= 11 is 1.34. The summed E-state index contributed by atoms with van der Waals surface area (Å²) in [4.78, 5) is 12.0. The molecule has 2 aromatic rings. The maximum Gasteiger partial charge on any atom is 0.230 e. The van der Waals surface area contributed by atoms with Crippen molar-refractivity contribution < 1.29 is 23.7 Å². The van der Waals surface area contributed by atoms with Gasteiger partial charge in [0, 0.05) is 18.7 Å². The van der Waals surface area contributed by atoms with E-state index in [-0.39, 0.29) is 17.8 Å². The molecule has 1 N–H and O–H groups in total. The van der Waals surface area contributed by atoms with Crippen LogP contribution in [-0.2, 0) is 9.53 Å². The maximum atomic E-state index is 12.0. The van der Waals surface area contributed by atoms with Gasteiger partial charge in [0.15, 0.2) is 11.5 Å². The standard InChI is InChI=1S/C20H25N3O5S/c1-25-16-9-13(10-17(26-2)20(16)27-3)15-6-7-19(23-22-15)29-12-18(24)21-11-14-5-4-8-28-14/h6-7,9-10,14H,4-5,8,11-12H2,1-3H3,(H,21,24)/t14-/m0/s1. The number of carbonyl (C=O) groups excluding carboxylic acids is 1. The lowest BCUT2D eigenvalue weighted by Gasteiger charge is -2.13. The fourth-order valence-electron chi connectivity index (χ4n) is 3.00. The molecule has 2 heterocycles. The predicted octanol–water partition coefficient (Wildman–Crippen LogP) is 2.56. The lowest BCUT2D eigenvalue weighted by Crippen LogP contribution is -2.32. The van der Waals surface area contributed by atoms with E-state index in [2.05, 4.69) is 15.5 Å². The largest absolute Gasteiger partial charge is 0.493 e. The molecule has 0 aliphatic carbocycles. The molecule has 3 rings (SSSR count). The molecule has 1 aliphatic heterocycles. The van der Waals surface area contributed by atoms with Crippen LogP contribution in [0.2, 0.25) is 0 Å². The first-order chi connectivity index (χ1) is 14.1. The average molecular weight is 420 g/mol. The Kier molecular flexibility index (Phi) is 7.54. The van der Waals surface area contributed by atoms with Crippen molar-refractivity contribution in [3.63, 3.8) is 0 Å². The number of hydrogen-bond acceptors (Lipinski definition) is 8. The number of methoxy groups -OCH3 is 3. The summed E-state index contributed by atoms with van der Waals surface area (Å²) in [6, 6.07) is 7.32. The predicted molar refractivity (Wildman–Crippen MR) is 110 cm³/mol. The zero-order valence-corrected chi connectivity index (χ0v) is 17.6. The topological polar surface area (TPSA) is 91.8 Å². The number of thioether (sulfide) groups is 1. The van der Waals surface area contributed by atoms with Gasteiger partial charge in [-0.25, -0.2) is 0 Å². The molecule has 1 aromatic carbocycles. The Morgan fingerprint density at radius 2 is 1.93 bits per heavy atom. The Balaban J connectivity index is 1.60. The molecular formula is C20H25N3O5S. The second-order valence-corrected chi connectivity index (χ2v) is 7.39. The zero-order chi connectivity index (χ0) is 20.6. The summed E-state index contributed by atoms with van der Waals surface area (Å²) < 4.78 is 21.6. The van der Waals surface area contributed by atoms with E-state index < -0.39 is 0 Å². The second kappa shape index (κ2) is 10.3. The summed E-state index contributed by atoms with van der Waals surface area (Å²) in [6.45, 7) is 1.34. The van der Waals surface area contributed by atoms with Crippen molar-refractivity contribution in [3.8, 4) is 28.5 Å². The van der Waals surface area contributed by atoms with Crippen LogP contribution in [0.5, 0.6) is 17.2 Å². The first-order valence-electron chi connectivity index (χ1n) is 9.29. The van der Waals surface area contributed by atoms with E-state index >= 15 is 0 Å². The van der Waals surface area contributed by atoms with Gasteiger partial charge in [-0.1, -0.05) is 11.8 Å². The quantitative estimate of drug-likeness (QED) is 0.620. The molecular weight excluding hydrogens is 394 g/mol. The van der Waals surface area contributed by atoms with E-state index in [9.17, 15) is 4.79 Å². The van der Waals surface area contributed by atoms with Crippen molar-refractivity contribution in [2.24, 2.45) is 0 Å². The molecule has 1 fully saturated rings.